The molecule has 1 aliphatic heterocycles. The number of hydrogen-bond donors (Lipinski definition) is 1. The highest BCUT2D eigenvalue weighted by molar-refractivity contribution is 7.13. The average Bonchev–Trinajstić information content (AvgIpc) is 3.21. The van der Waals surface area contributed by atoms with Gasteiger partial charge in [0, 0.05) is 49.4 Å². The van der Waals surface area contributed by atoms with Crippen LogP contribution in [-0.2, 0) is 17.8 Å². The number of likely N-dealkylation sites (N-methyl/N-ethyl adjacent to an activating group) is 1. The number of piperazine rings is 1. The van der Waals surface area contributed by atoms with Gasteiger partial charge in [0.05, 0.1) is 12.1 Å². The van der Waals surface area contributed by atoms with Gasteiger partial charge in [-0.15, -0.1) is 11.3 Å². The summed E-state index contributed by atoms with van der Waals surface area (Å²) in [5.74, 6) is -0.0380. The van der Waals surface area contributed by atoms with E-state index in [1.165, 1.54) is 16.7 Å². The van der Waals surface area contributed by atoms with Crippen LogP contribution in [0.2, 0.25) is 0 Å². The molecular formula is C25H30N4OS. The first-order valence-electron chi connectivity index (χ1n) is 10.8. The van der Waals surface area contributed by atoms with Crippen LogP contribution >= 0.6 is 11.3 Å². The Morgan fingerprint density at radius 3 is 2.65 bits per heavy atom. The van der Waals surface area contributed by atoms with Crippen molar-refractivity contribution in [2.45, 2.75) is 26.8 Å². The fourth-order valence-corrected chi connectivity index (χ4v) is 4.59. The van der Waals surface area contributed by atoms with E-state index >= 15 is 0 Å². The molecule has 2 heterocycles. The molecule has 1 saturated heterocycles. The Bertz CT molecular complexity index is 1050. The van der Waals surface area contributed by atoms with Crippen LogP contribution in [0.5, 0.6) is 0 Å². The van der Waals surface area contributed by atoms with Crippen molar-refractivity contribution < 1.29 is 4.79 Å². The molecule has 5 nitrogen and oxygen atoms in total. The molecule has 1 aromatic heterocycles. The Kier molecular flexibility index (Phi) is 6.80. The molecule has 2 aromatic carbocycles. The zero-order chi connectivity index (χ0) is 21.8. The van der Waals surface area contributed by atoms with Gasteiger partial charge in [0.15, 0.2) is 0 Å². The van der Waals surface area contributed by atoms with E-state index in [2.05, 4.69) is 60.3 Å². The molecule has 3 aromatic rings. The summed E-state index contributed by atoms with van der Waals surface area (Å²) in [6.07, 6.45) is 0.282. The lowest BCUT2D eigenvalue weighted by Gasteiger charge is -2.32. The Morgan fingerprint density at radius 2 is 1.87 bits per heavy atom. The molecule has 1 N–H and O–H groups in total. The lowest BCUT2D eigenvalue weighted by molar-refractivity contribution is -0.115. The number of carbonyl (C=O) groups is 1. The van der Waals surface area contributed by atoms with Crippen molar-refractivity contribution in [2.24, 2.45) is 0 Å². The van der Waals surface area contributed by atoms with Gasteiger partial charge < -0.3 is 10.2 Å². The third-order valence-corrected chi connectivity index (χ3v) is 6.80. The SMILES string of the molecule is Cc1ccc(NC(=O)Cc2csc(-c3cccc(CN4CCN(C)CC4)c3)n2)cc1C. The molecule has 1 fully saturated rings. The van der Waals surface area contributed by atoms with Gasteiger partial charge in [0.25, 0.3) is 0 Å². The predicted molar refractivity (Wildman–Crippen MR) is 129 cm³/mol. The standard InChI is InChI=1S/C25H30N4OS/c1-18-7-8-22(13-19(18)2)26-24(30)15-23-17-31-25(27-23)21-6-4-5-20(14-21)16-29-11-9-28(3)10-12-29/h4-8,13-14,17H,9-12,15-16H2,1-3H3,(H,26,30). The minimum Gasteiger partial charge on any atom is -0.326 e. The van der Waals surface area contributed by atoms with Crippen molar-refractivity contribution in [2.75, 3.05) is 38.5 Å². The van der Waals surface area contributed by atoms with Gasteiger partial charge in [-0.2, -0.15) is 0 Å². The Morgan fingerprint density at radius 1 is 1.06 bits per heavy atom. The van der Waals surface area contributed by atoms with Crippen LogP contribution < -0.4 is 5.32 Å². The molecule has 0 saturated carbocycles. The van der Waals surface area contributed by atoms with E-state index in [-0.39, 0.29) is 12.3 Å². The smallest absolute Gasteiger partial charge is 0.230 e. The van der Waals surface area contributed by atoms with E-state index in [4.69, 9.17) is 4.98 Å². The summed E-state index contributed by atoms with van der Waals surface area (Å²) in [5, 5.41) is 5.94. The molecule has 0 spiro atoms. The third-order valence-electron chi connectivity index (χ3n) is 5.86. The number of aryl methyl sites for hydroxylation is 2. The zero-order valence-electron chi connectivity index (χ0n) is 18.5. The monoisotopic (exact) mass is 434 g/mol. The second-order valence-corrected chi connectivity index (χ2v) is 9.31. The Balaban J connectivity index is 1.38. The fourth-order valence-electron chi connectivity index (χ4n) is 3.78. The number of hydrogen-bond acceptors (Lipinski definition) is 5. The lowest BCUT2D eigenvalue weighted by Crippen LogP contribution is -2.43. The molecule has 31 heavy (non-hydrogen) atoms. The summed E-state index contributed by atoms with van der Waals surface area (Å²) < 4.78 is 0. The Labute approximate surface area is 188 Å². The minimum absolute atomic E-state index is 0.0380. The molecular weight excluding hydrogens is 404 g/mol. The number of amides is 1. The van der Waals surface area contributed by atoms with E-state index in [1.54, 1.807) is 11.3 Å². The van der Waals surface area contributed by atoms with Crippen molar-refractivity contribution in [1.29, 1.82) is 0 Å². The molecule has 0 radical (unpaired) electrons. The first kappa shape index (κ1) is 21.7. The van der Waals surface area contributed by atoms with Crippen molar-refractivity contribution in [3.05, 3.63) is 70.2 Å². The van der Waals surface area contributed by atoms with Crippen LogP contribution in [0.15, 0.2) is 47.8 Å². The van der Waals surface area contributed by atoms with Gasteiger partial charge >= 0.3 is 0 Å². The lowest BCUT2D eigenvalue weighted by atomic mass is 10.1. The molecule has 4 rings (SSSR count). The van der Waals surface area contributed by atoms with Gasteiger partial charge in [-0.3, -0.25) is 9.69 Å². The fraction of sp³-hybridized carbons (Fsp3) is 0.360. The molecule has 1 amide bonds. The zero-order valence-corrected chi connectivity index (χ0v) is 19.3. The van der Waals surface area contributed by atoms with E-state index < -0.39 is 0 Å². The summed E-state index contributed by atoms with van der Waals surface area (Å²) in [5.41, 5.74) is 6.47. The van der Waals surface area contributed by atoms with Gasteiger partial charge in [-0.1, -0.05) is 24.3 Å². The largest absolute Gasteiger partial charge is 0.326 e. The van der Waals surface area contributed by atoms with Crippen molar-refractivity contribution in [3.8, 4) is 10.6 Å². The topological polar surface area (TPSA) is 48.5 Å². The number of nitrogens with one attached hydrogen (secondary N) is 1. The highest BCUT2D eigenvalue weighted by Crippen LogP contribution is 2.25. The van der Waals surface area contributed by atoms with Crippen LogP contribution in [0.3, 0.4) is 0 Å². The van der Waals surface area contributed by atoms with Crippen molar-refractivity contribution >= 4 is 22.9 Å². The average molecular weight is 435 g/mol. The maximum absolute atomic E-state index is 12.5. The molecule has 0 unspecified atom stereocenters. The highest BCUT2D eigenvalue weighted by atomic mass is 32.1. The van der Waals surface area contributed by atoms with Gasteiger partial charge in [0.2, 0.25) is 5.91 Å². The summed E-state index contributed by atoms with van der Waals surface area (Å²) in [6.45, 7) is 9.56. The summed E-state index contributed by atoms with van der Waals surface area (Å²) in [4.78, 5) is 22.1. The van der Waals surface area contributed by atoms with Gasteiger partial charge in [-0.25, -0.2) is 4.98 Å². The number of benzene rings is 2. The first-order valence-corrected chi connectivity index (χ1v) is 11.7. The van der Waals surface area contributed by atoms with Gasteiger partial charge in [0.1, 0.15) is 5.01 Å². The quantitative estimate of drug-likeness (QED) is 0.626. The van der Waals surface area contributed by atoms with Crippen molar-refractivity contribution in [3.63, 3.8) is 0 Å². The number of carbonyl (C=O) groups excluding carboxylic acids is 1. The van der Waals surface area contributed by atoms with Crippen LogP contribution in [0.4, 0.5) is 5.69 Å². The van der Waals surface area contributed by atoms with Crippen LogP contribution in [-0.4, -0.2) is 53.9 Å². The van der Waals surface area contributed by atoms with E-state index in [9.17, 15) is 4.79 Å². The number of thiazole rings is 1. The van der Waals surface area contributed by atoms with Crippen LogP contribution in [0.1, 0.15) is 22.4 Å². The molecule has 1 aliphatic rings. The van der Waals surface area contributed by atoms with Gasteiger partial charge in [-0.05, 0) is 55.8 Å². The molecule has 0 atom stereocenters. The number of anilines is 1. The Hall–Kier alpha value is -2.54. The van der Waals surface area contributed by atoms with Crippen molar-refractivity contribution in [1.82, 2.24) is 14.8 Å². The van der Waals surface area contributed by atoms with E-state index in [1.807, 2.05) is 23.6 Å². The summed E-state index contributed by atoms with van der Waals surface area (Å²) in [6, 6.07) is 14.6. The molecule has 6 heteroatoms. The second-order valence-electron chi connectivity index (χ2n) is 8.45. The van der Waals surface area contributed by atoms with E-state index in [0.717, 1.165) is 54.7 Å². The predicted octanol–water partition coefficient (Wildman–Crippen LogP) is 4.36. The second kappa shape index (κ2) is 9.73. The van der Waals surface area contributed by atoms with Crippen LogP contribution in [0, 0.1) is 13.8 Å². The normalized spacial score (nSPS) is 15.2. The van der Waals surface area contributed by atoms with Crippen LogP contribution in [0.25, 0.3) is 10.6 Å². The number of aromatic nitrogens is 1. The summed E-state index contributed by atoms with van der Waals surface area (Å²) in [7, 11) is 2.18. The first-order chi connectivity index (χ1) is 15.0. The summed E-state index contributed by atoms with van der Waals surface area (Å²) >= 11 is 1.60. The highest BCUT2D eigenvalue weighted by Gasteiger charge is 2.15. The molecule has 162 valence electrons. The number of rotatable bonds is 6. The number of nitrogens with zero attached hydrogens (tertiary/aromatic N) is 3. The van der Waals surface area contributed by atoms with E-state index in [0.29, 0.717) is 0 Å². The maximum atomic E-state index is 12.5. The third kappa shape index (κ3) is 5.79. The molecule has 0 aliphatic carbocycles. The molecule has 0 bridgehead atoms. The minimum atomic E-state index is -0.0380. The maximum Gasteiger partial charge on any atom is 0.230 e.